The van der Waals surface area contributed by atoms with Crippen LogP contribution in [-0.4, -0.2) is 15.6 Å². The first-order valence-electron chi connectivity index (χ1n) is 5.56. The second kappa shape index (κ2) is 5.43. The van der Waals surface area contributed by atoms with E-state index in [4.69, 9.17) is 11.6 Å². The summed E-state index contributed by atoms with van der Waals surface area (Å²) in [7, 11) is 1.72. The highest BCUT2D eigenvalue weighted by atomic mass is 79.9. The molecule has 0 saturated heterocycles. The summed E-state index contributed by atoms with van der Waals surface area (Å²) in [5.74, 6) is -0.657. The van der Waals surface area contributed by atoms with Crippen molar-refractivity contribution in [2.75, 3.05) is 0 Å². The predicted octanol–water partition coefficient (Wildman–Crippen LogP) is 3.71. The Kier molecular flexibility index (Phi) is 4.06. The molecule has 0 N–H and O–H groups in total. The van der Waals surface area contributed by atoms with E-state index in [0.29, 0.717) is 26.4 Å². The first-order valence-corrected chi connectivity index (χ1v) is 6.73. The van der Waals surface area contributed by atoms with Gasteiger partial charge in [0.2, 0.25) is 0 Å². The highest BCUT2D eigenvalue weighted by molar-refractivity contribution is 9.10. The van der Waals surface area contributed by atoms with Gasteiger partial charge in [-0.25, -0.2) is 4.39 Å². The van der Waals surface area contributed by atoms with Gasteiger partial charge in [-0.05, 0) is 25.1 Å². The number of ketones is 1. The van der Waals surface area contributed by atoms with Crippen molar-refractivity contribution in [1.82, 2.24) is 9.78 Å². The van der Waals surface area contributed by atoms with Gasteiger partial charge >= 0.3 is 0 Å². The van der Waals surface area contributed by atoms with Gasteiger partial charge < -0.3 is 0 Å². The summed E-state index contributed by atoms with van der Waals surface area (Å²) in [6.45, 7) is 1.77. The number of halogens is 3. The Bertz CT molecular complexity index is 654. The molecule has 0 aliphatic rings. The lowest BCUT2D eigenvalue weighted by Crippen LogP contribution is -2.09. The van der Waals surface area contributed by atoms with Gasteiger partial charge in [-0.3, -0.25) is 9.48 Å². The lowest BCUT2D eigenvalue weighted by atomic mass is 10.1. The molecule has 0 aliphatic carbocycles. The third-order valence-corrected chi connectivity index (χ3v) is 4.00. The fourth-order valence-corrected chi connectivity index (χ4v) is 2.53. The molecule has 0 radical (unpaired) electrons. The Balaban J connectivity index is 2.33. The molecule has 19 heavy (non-hydrogen) atoms. The maximum atomic E-state index is 13.2. The van der Waals surface area contributed by atoms with E-state index in [-0.39, 0.29) is 12.2 Å². The molecule has 2 aromatic rings. The molecule has 0 atom stereocenters. The molecule has 0 aliphatic heterocycles. The zero-order valence-electron chi connectivity index (χ0n) is 10.4. The van der Waals surface area contributed by atoms with Crippen LogP contribution in [0, 0.1) is 12.7 Å². The van der Waals surface area contributed by atoms with Crippen LogP contribution in [0.4, 0.5) is 4.39 Å². The van der Waals surface area contributed by atoms with Gasteiger partial charge in [-0.2, -0.15) is 5.10 Å². The number of aryl methyl sites for hydroxylation is 2. The molecule has 0 fully saturated rings. The van der Waals surface area contributed by atoms with Crippen LogP contribution in [0.2, 0.25) is 5.02 Å². The Morgan fingerprint density at radius 1 is 1.53 bits per heavy atom. The zero-order valence-corrected chi connectivity index (χ0v) is 12.7. The van der Waals surface area contributed by atoms with Crippen molar-refractivity contribution < 1.29 is 9.18 Å². The minimum Gasteiger partial charge on any atom is -0.294 e. The second-order valence-electron chi connectivity index (χ2n) is 4.19. The van der Waals surface area contributed by atoms with Crippen molar-refractivity contribution >= 4 is 33.3 Å². The van der Waals surface area contributed by atoms with Crippen LogP contribution >= 0.6 is 27.5 Å². The van der Waals surface area contributed by atoms with Crippen LogP contribution in [0.25, 0.3) is 0 Å². The Morgan fingerprint density at radius 2 is 2.21 bits per heavy atom. The van der Waals surface area contributed by atoms with Gasteiger partial charge in [0.1, 0.15) is 5.82 Å². The van der Waals surface area contributed by atoms with Crippen molar-refractivity contribution in [3.05, 3.63) is 50.5 Å². The zero-order chi connectivity index (χ0) is 14.2. The highest BCUT2D eigenvalue weighted by Crippen LogP contribution is 2.24. The molecule has 2 rings (SSSR count). The van der Waals surface area contributed by atoms with Gasteiger partial charge in [0.05, 0.1) is 22.8 Å². The SMILES string of the molecule is Cc1nn(C)c(CC(=O)c2cc(F)ccc2Br)c1Cl. The second-order valence-corrected chi connectivity index (χ2v) is 5.43. The standard InChI is InChI=1S/C13H11BrClFN2O/c1-7-13(15)11(18(2)17-7)6-12(19)9-5-8(16)3-4-10(9)14/h3-5H,6H2,1-2H3. The molecule has 0 spiro atoms. The summed E-state index contributed by atoms with van der Waals surface area (Å²) in [5.41, 5.74) is 1.60. The monoisotopic (exact) mass is 344 g/mol. The number of benzene rings is 1. The van der Waals surface area contributed by atoms with E-state index >= 15 is 0 Å². The van der Waals surface area contributed by atoms with Crippen LogP contribution in [0.1, 0.15) is 21.7 Å². The quantitative estimate of drug-likeness (QED) is 0.795. The fraction of sp³-hybridized carbons (Fsp3) is 0.231. The van der Waals surface area contributed by atoms with Crippen molar-refractivity contribution in [3.63, 3.8) is 0 Å². The molecule has 0 saturated carbocycles. The van der Waals surface area contributed by atoms with Crippen LogP contribution in [0.3, 0.4) is 0 Å². The summed E-state index contributed by atoms with van der Waals surface area (Å²) >= 11 is 9.34. The van der Waals surface area contributed by atoms with Crippen molar-refractivity contribution in [2.24, 2.45) is 7.05 Å². The Morgan fingerprint density at radius 3 is 2.79 bits per heavy atom. The van der Waals surface area contributed by atoms with Crippen molar-refractivity contribution in [1.29, 1.82) is 0 Å². The van der Waals surface area contributed by atoms with Gasteiger partial charge in [-0.1, -0.05) is 27.5 Å². The van der Waals surface area contributed by atoms with Gasteiger partial charge in [0.25, 0.3) is 0 Å². The van der Waals surface area contributed by atoms with Crippen LogP contribution in [0.15, 0.2) is 22.7 Å². The van der Waals surface area contributed by atoms with E-state index in [2.05, 4.69) is 21.0 Å². The molecule has 3 nitrogen and oxygen atoms in total. The Labute approximate surface area is 123 Å². The summed E-state index contributed by atoms with van der Waals surface area (Å²) in [6, 6.07) is 4.02. The van der Waals surface area contributed by atoms with E-state index in [1.807, 2.05) is 0 Å². The average Bonchev–Trinajstić information content (AvgIpc) is 2.59. The maximum absolute atomic E-state index is 13.2. The molecular formula is C13H11BrClFN2O. The van der Waals surface area contributed by atoms with E-state index < -0.39 is 5.82 Å². The summed E-state index contributed by atoms with van der Waals surface area (Å²) in [6.07, 6.45) is 0.0816. The van der Waals surface area contributed by atoms with E-state index in [0.717, 1.165) is 0 Å². The molecule has 1 aromatic heterocycles. The number of aromatic nitrogens is 2. The predicted molar refractivity (Wildman–Crippen MR) is 75.1 cm³/mol. The van der Waals surface area contributed by atoms with Gasteiger partial charge in [0, 0.05) is 17.1 Å². The summed E-state index contributed by atoms with van der Waals surface area (Å²) in [4.78, 5) is 12.2. The summed E-state index contributed by atoms with van der Waals surface area (Å²) in [5, 5.41) is 4.62. The number of nitrogens with zero attached hydrogens (tertiary/aromatic N) is 2. The molecule has 1 aromatic carbocycles. The summed E-state index contributed by atoms with van der Waals surface area (Å²) < 4.78 is 15.3. The van der Waals surface area contributed by atoms with Crippen LogP contribution < -0.4 is 0 Å². The normalized spacial score (nSPS) is 10.8. The smallest absolute Gasteiger partial charge is 0.170 e. The topological polar surface area (TPSA) is 34.9 Å². The molecule has 1 heterocycles. The van der Waals surface area contributed by atoms with Crippen LogP contribution in [0.5, 0.6) is 0 Å². The number of carbonyl (C=O) groups excluding carboxylic acids is 1. The fourth-order valence-electron chi connectivity index (χ4n) is 1.83. The largest absolute Gasteiger partial charge is 0.294 e. The minimum absolute atomic E-state index is 0.0816. The highest BCUT2D eigenvalue weighted by Gasteiger charge is 2.18. The maximum Gasteiger partial charge on any atom is 0.170 e. The third-order valence-electron chi connectivity index (χ3n) is 2.82. The van der Waals surface area contributed by atoms with E-state index in [1.54, 1.807) is 18.7 Å². The first kappa shape index (κ1) is 14.2. The van der Waals surface area contributed by atoms with Crippen LogP contribution in [-0.2, 0) is 13.5 Å². The number of rotatable bonds is 3. The minimum atomic E-state index is -0.446. The van der Waals surface area contributed by atoms with Crippen molar-refractivity contribution in [2.45, 2.75) is 13.3 Å². The lowest BCUT2D eigenvalue weighted by molar-refractivity contribution is 0.0989. The molecular weight excluding hydrogens is 335 g/mol. The molecule has 100 valence electrons. The molecule has 0 bridgehead atoms. The Hall–Kier alpha value is -1.20. The third kappa shape index (κ3) is 2.87. The first-order chi connectivity index (χ1) is 8.90. The number of hydrogen-bond acceptors (Lipinski definition) is 2. The average molecular weight is 346 g/mol. The number of hydrogen-bond donors (Lipinski definition) is 0. The lowest BCUT2D eigenvalue weighted by Gasteiger charge is -2.05. The van der Waals surface area contributed by atoms with Crippen molar-refractivity contribution in [3.8, 4) is 0 Å². The molecule has 0 unspecified atom stereocenters. The number of Topliss-reactive ketones (excluding diaryl/α,β-unsaturated/α-hetero) is 1. The number of carbonyl (C=O) groups is 1. The van der Waals surface area contributed by atoms with Gasteiger partial charge in [-0.15, -0.1) is 0 Å². The molecule has 0 amide bonds. The van der Waals surface area contributed by atoms with E-state index in [9.17, 15) is 9.18 Å². The molecule has 6 heteroatoms. The van der Waals surface area contributed by atoms with Gasteiger partial charge in [0.15, 0.2) is 5.78 Å². The van der Waals surface area contributed by atoms with E-state index in [1.165, 1.54) is 18.2 Å².